The minimum atomic E-state index is -0.297. The molecule has 0 aromatic heterocycles. The summed E-state index contributed by atoms with van der Waals surface area (Å²) >= 11 is 0. The Bertz CT molecular complexity index is 317. The normalized spacial score (nSPS) is 12.5. The van der Waals surface area contributed by atoms with E-state index < -0.39 is 0 Å². The molecular formula is C11H16FNO2. The third kappa shape index (κ3) is 3.18. The molecule has 0 saturated carbocycles. The first-order chi connectivity index (χ1) is 7.19. The fourth-order valence-electron chi connectivity index (χ4n) is 1.36. The number of halogens is 1. The minimum Gasteiger partial charge on any atom is -0.496 e. The zero-order chi connectivity index (χ0) is 11.3. The summed E-state index contributed by atoms with van der Waals surface area (Å²) < 4.78 is 23.6. The zero-order valence-corrected chi connectivity index (χ0v) is 9.00. The van der Waals surface area contributed by atoms with Gasteiger partial charge in [-0.3, -0.25) is 0 Å². The molecule has 84 valence electrons. The van der Waals surface area contributed by atoms with Gasteiger partial charge in [-0.1, -0.05) is 0 Å². The van der Waals surface area contributed by atoms with Gasteiger partial charge in [0.1, 0.15) is 11.6 Å². The van der Waals surface area contributed by atoms with Gasteiger partial charge in [-0.2, -0.15) is 0 Å². The number of nitrogens with two attached hydrogens (primary N) is 1. The molecule has 3 nitrogen and oxygen atoms in total. The molecule has 1 rings (SSSR count). The van der Waals surface area contributed by atoms with Crippen LogP contribution in [0.4, 0.5) is 4.39 Å². The highest BCUT2D eigenvalue weighted by atomic mass is 19.1. The topological polar surface area (TPSA) is 44.5 Å². The number of methoxy groups -OCH3 is 1. The molecule has 1 aromatic rings. The Kier molecular flexibility index (Phi) is 4.52. The molecule has 1 atom stereocenters. The van der Waals surface area contributed by atoms with Crippen LogP contribution in [0.1, 0.15) is 18.6 Å². The third-order valence-electron chi connectivity index (χ3n) is 2.12. The van der Waals surface area contributed by atoms with Crippen molar-refractivity contribution in [2.75, 3.05) is 20.3 Å². The minimum absolute atomic E-state index is 0.223. The van der Waals surface area contributed by atoms with Crippen LogP contribution in [0.15, 0.2) is 18.2 Å². The van der Waals surface area contributed by atoms with E-state index in [0.29, 0.717) is 24.5 Å². The average Bonchev–Trinajstić information content (AvgIpc) is 2.25. The van der Waals surface area contributed by atoms with Crippen molar-refractivity contribution < 1.29 is 13.9 Å². The lowest BCUT2D eigenvalue weighted by Crippen LogP contribution is -2.11. The second kappa shape index (κ2) is 5.68. The summed E-state index contributed by atoms with van der Waals surface area (Å²) in [6, 6.07) is 4.37. The van der Waals surface area contributed by atoms with Gasteiger partial charge in [0.05, 0.1) is 19.8 Å². The summed E-state index contributed by atoms with van der Waals surface area (Å²) in [7, 11) is 1.55. The second-order valence-electron chi connectivity index (χ2n) is 3.19. The van der Waals surface area contributed by atoms with Gasteiger partial charge in [0.15, 0.2) is 0 Å². The van der Waals surface area contributed by atoms with E-state index in [1.54, 1.807) is 13.2 Å². The van der Waals surface area contributed by atoms with E-state index in [4.69, 9.17) is 15.2 Å². The van der Waals surface area contributed by atoms with Gasteiger partial charge in [0.25, 0.3) is 0 Å². The molecule has 0 heterocycles. The first-order valence-electron chi connectivity index (χ1n) is 4.84. The molecule has 0 aliphatic heterocycles. The van der Waals surface area contributed by atoms with E-state index in [0.717, 1.165) is 0 Å². The van der Waals surface area contributed by atoms with Gasteiger partial charge in [-0.25, -0.2) is 4.39 Å². The predicted molar refractivity (Wildman–Crippen MR) is 56.4 cm³/mol. The Hall–Kier alpha value is -1.13. The first-order valence-corrected chi connectivity index (χ1v) is 4.84. The fourth-order valence-corrected chi connectivity index (χ4v) is 1.36. The van der Waals surface area contributed by atoms with Crippen LogP contribution >= 0.6 is 0 Å². The lowest BCUT2D eigenvalue weighted by Gasteiger charge is -2.16. The van der Waals surface area contributed by atoms with Crippen molar-refractivity contribution in [3.05, 3.63) is 29.6 Å². The van der Waals surface area contributed by atoms with Gasteiger partial charge < -0.3 is 15.2 Å². The van der Waals surface area contributed by atoms with Gasteiger partial charge in [-0.15, -0.1) is 0 Å². The van der Waals surface area contributed by atoms with Crippen LogP contribution in [-0.4, -0.2) is 20.3 Å². The SMILES string of the molecule is COc1ccc(F)cc1C(C)OCCN. The van der Waals surface area contributed by atoms with Gasteiger partial charge in [0, 0.05) is 12.1 Å². The van der Waals surface area contributed by atoms with Gasteiger partial charge in [-0.05, 0) is 25.1 Å². The highest BCUT2D eigenvalue weighted by Crippen LogP contribution is 2.27. The maximum atomic E-state index is 13.0. The summed E-state index contributed by atoms with van der Waals surface area (Å²) in [5, 5.41) is 0. The smallest absolute Gasteiger partial charge is 0.124 e. The number of hydrogen-bond donors (Lipinski definition) is 1. The monoisotopic (exact) mass is 213 g/mol. The molecule has 0 spiro atoms. The van der Waals surface area contributed by atoms with Crippen LogP contribution in [0.5, 0.6) is 5.75 Å². The Morgan fingerprint density at radius 1 is 1.47 bits per heavy atom. The van der Waals surface area contributed by atoms with Gasteiger partial charge in [0.2, 0.25) is 0 Å². The molecule has 1 aromatic carbocycles. The largest absolute Gasteiger partial charge is 0.496 e. The van der Waals surface area contributed by atoms with Crippen molar-refractivity contribution in [3.8, 4) is 5.75 Å². The third-order valence-corrected chi connectivity index (χ3v) is 2.12. The number of rotatable bonds is 5. The highest BCUT2D eigenvalue weighted by molar-refractivity contribution is 5.35. The Morgan fingerprint density at radius 3 is 2.80 bits per heavy atom. The molecule has 0 bridgehead atoms. The van der Waals surface area contributed by atoms with Crippen molar-refractivity contribution in [2.45, 2.75) is 13.0 Å². The summed E-state index contributed by atoms with van der Waals surface area (Å²) in [4.78, 5) is 0. The molecule has 2 N–H and O–H groups in total. The van der Waals surface area contributed by atoms with Crippen LogP contribution < -0.4 is 10.5 Å². The highest BCUT2D eigenvalue weighted by Gasteiger charge is 2.12. The van der Waals surface area contributed by atoms with E-state index in [1.165, 1.54) is 12.1 Å². The number of benzene rings is 1. The summed E-state index contributed by atoms with van der Waals surface area (Å²) in [6.45, 7) is 2.73. The fraction of sp³-hybridized carbons (Fsp3) is 0.455. The lowest BCUT2D eigenvalue weighted by atomic mass is 10.1. The van der Waals surface area contributed by atoms with Crippen molar-refractivity contribution in [3.63, 3.8) is 0 Å². The maximum Gasteiger partial charge on any atom is 0.124 e. The first kappa shape index (κ1) is 11.9. The summed E-state index contributed by atoms with van der Waals surface area (Å²) in [6.07, 6.45) is -0.223. The van der Waals surface area contributed by atoms with Crippen molar-refractivity contribution >= 4 is 0 Å². The zero-order valence-electron chi connectivity index (χ0n) is 9.00. The van der Waals surface area contributed by atoms with Crippen LogP contribution in [0.25, 0.3) is 0 Å². The molecule has 0 radical (unpaired) electrons. The van der Waals surface area contributed by atoms with Crippen molar-refractivity contribution in [1.82, 2.24) is 0 Å². The van der Waals surface area contributed by atoms with Crippen LogP contribution in [-0.2, 0) is 4.74 Å². The number of ether oxygens (including phenoxy) is 2. The summed E-state index contributed by atoms with van der Waals surface area (Å²) in [5.74, 6) is 0.329. The van der Waals surface area contributed by atoms with E-state index in [-0.39, 0.29) is 11.9 Å². The summed E-state index contributed by atoms with van der Waals surface area (Å²) in [5.41, 5.74) is 6.02. The molecule has 0 saturated heterocycles. The quantitative estimate of drug-likeness (QED) is 0.812. The van der Waals surface area contributed by atoms with Crippen LogP contribution in [0.2, 0.25) is 0 Å². The molecule has 0 aliphatic rings. The molecule has 0 amide bonds. The molecular weight excluding hydrogens is 197 g/mol. The predicted octanol–water partition coefficient (Wildman–Crippen LogP) is 1.87. The number of hydrogen-bond acceptors (Lipinski definition) is 3. The van der Waals surface area contributed by atoms with Gasteiger partial charge >= 0.3 is 0 Å². The van der Waals surface area contributed by atoms with E-state index in [9.17, 15) is 4.39 Å². The van der Waals surface area contributed by atoms with E-state index in [2.05, 4.69) is 0 Å². The van der Waals surface area contributed by atoms with Crippen molar-refractivity contribution in [1.29, 1.82) is 0 Å². The molecule has 4 heteroatoms. The Morgan fingerprint density at radius 2 is 2.20 bits per heavy atom. The van der Waals surface area contributed by atoms with Crippen LogP contribution in [0.3, 0.4) is 0 Å². The Labute approximate surface area is 89.0 Å². The Balaban J connectivity index is 2.85. The maximum absolute atomic E-state index is 13.0. The molecule has 0 fully saturated rings. The van der Waals surface area contributed by atoms with E-state index >= 15 is 0 Å². The standard InChI is InChI=1S/C11H16FNO2/c1-8(15-6-5-13)10-7-9(12)3-4-11(10)14-2/h3-4,7-8H,5-6,13H2,1-2H3. The molecule has 0 aliphatic carbocycles. The van der Waals surface area contributed by atoms with Crippen LogP contribution in [0, 0.1) is 5.82 Å². The average molecular weight is 213 g/mol. The molecule has 15 heavy (non-hydrogen) atoms. The van der Waals surface area contributed by atoms with Crippen molar-refractivity contribution in [2.24, 2.45) is 5.73 Å². The lowest BCUT2D eigenvalue weighted by molar-refractivity contribution is 0.0697. The van der Waals surface area contributed by atoms with E-state index in [1.807, 2.05) is 6.92 Å². The molecule has 1 unspecified atom stereocenters. The second-order valence-corrected chi connectivity index (χ2v) is 3.19.